The lowest BCUT2D eigenvalue weighted by atomic mass is 10.1. The molecule has 2 heterocycles. The molecular formula is C14H12O4S. The van der Waals surface area contributed by atoms with Gasteiger partial charge in [0.1, 0.15) is 17.1 Å². The molecule has 0 aliphatic rings. The van der Waals surface area contributed by atoms with Crippen LogP contribution in [-0.4, -0.2) is 10.9 Å². The van der Waals surface area contributed by atoms with E-state index in [2.05, 4.69) is 0 Å². The number of thiophene rings is 1. The van der Waals surface area contributed by atoms with Crippen LogP contribution >= 0.6 is 11.3 Å². The molecule has 2 rings (SSSR count). The molecular weight excluding hydrogens is 264 g/mol. The van der Waals surface area contributed by atoms with Crippen LogP contribution in [0.2, 0.25) is 0 Å². The van der Waals surface area contributed by atoms with Crippen molar-refractivity contribution >= 4 is 23.2 Å². The van der Waals surface area contributed by atoms with Gasteiger partial charge in [-0.3, -0.25) is 4.79 Å². The average molecular weight is 276 g/mol. The van der Waals surface area contributed by atoms with Crippen LogP contribution in [-0.2, 0) is 0 Å². The number of hydrogen-bond acceptors (Lipinski definition) is 5. The molecule has 0 spiro atoms. The lowest BCUT2D eigenvalue weighted by Gasteiger charge is -2.03. The Morgan fingerprint density at radius 3 is 2.79 bits per heavy atom. The minimum absolute atomic E-state index is 0.263. The van der Waals surface area contributed by atoms with Gasteiger partial charge in [-0.05, 0) is 36.9 Å². The summed E-state index contributed by atoms with van der Waals surface area (Å²) in [6, 6.07) is 4.98. The zero-order chi connectivity index (χ0) is 14.0. The number of aromatic hydroxyl groups is 1. The van der Waals surface area contributed by atoms with Gasteiger partial charge in [-0.15, -0.1) is 11.3 Å². The molecule has 0 fully saturated rings. The van der Waals surface area contributed by atoms with Gasteiger partial charge in [0, 0.05) is 10.9 Å². The monoisotopic (exact) mass is 276 g/mol. The van der Waals surface area contributed by atoms with Crippen LogP contribution in [0.15, 0.2) is 38.4 Å². The molecule has 0 amide bonds. The first-order valence-corrected chi connectivity index (χ1v) is 6.47. The number of hydrogen-bond donors (Lipinski definition) is 1. The molecule has 0 aliphatic heterocycles. The molecule has 0 aromatic carbocycles. The fraction of sp³-hybridized carbons (Fsp3) is 0.143. The minimum atomic E-state index is -0.818. The van der Waals surface area contributed by atoms with Crippen LogP contribution in [0.1, 0.15) is 27.9 Å². The number of allylic oxidation sites excluding steroid dienone is 1. The first-order valence-electron chi connectivity index (χ1n) is 5.59. The Bertz CT molecular complexity index is 693. The van der Waals surface area contributed by atoms with Crippen molar-refractivity contribution in [2.45, 2.75) is 13.8 Å². The lowest BCUT2D eigenvalue weighted by Crippen LogP contribution is -2.15. The van der Waals surface area contributed by atoms with Gasteiger partial charge in [-0.25, -0.2) is 4.79 Å². The third-order valence-electron chi connectivity index (χ3n) is 2.54. The van der Waals surface area contributed by atoms with E-state index in [-0.39, 0.29) is 17.1 Å². The van der Waals surface area contributed by atoms with Crippen LogP contribution in [0, 0.1) is 6.92 Å². The number of carbonyl (C=O) groups is 1. The first kappa shape index (κ1) is 13.3. The van der Waals surface area contributed by atoms with Gasteiger partial charge in [-0.1, -0.05) is 6.07 Å². The third kappa shape index (κ3) is 2.82. The smallest absolute Gasteiger partial charge is 0.351 e. The molecule has 0 bridgehead atoms. The maximum atomic E-state index is 12.1. The van der Waals surface area contributed by atoms with E-state index >= 15 is 0 Å². The second kappa shape index (κ2) is 5.24. The van der Waals surface area contributed by atoms with E-state index in [9.17, 15) is 14.7 Å². The molecule has 2 aromatic heterocycles. The maximum absolute atomic E-state index is 12.1. The van der Waals surface area contributed by atoms with Gasteiger partial charge >= 0.3 is 5.63 Å². The second-order valence-electron chi connectivity index (χ2n) is 4.08. The highest BCUT2D eigenvalue weighted by Gasteiger charge is 2.19. The summed E-state index contributed by atoms with van der Waals surface area (Å²) >= 11 is 1.48. The number of ketones is 1. The Morgan fingerprint density at radius 2 is 2.21 bits per heavy atom. The van der Waals surface area contributed by atoms with Crippen molar-refractivity contribution in [3.05, 3.63) is 55.8 Å². The minimum Gasteiger partial charge on any atom is -0.507 e. The van der Waals surface area contributed by atoms with Crippen LogP contribution in [0.3, 0.4) is 0 Å². The van der Waals surface area contributed by atoms with E-state index in [4.69, 9.17) is 4.42 Å². The molecule has 4 nitrogen and oxygen atoms in total. The van der Waals surface area contributed by atoms with Crippen LogP contribution in [0.4, 0.5) is 0 Å². The van der Waals surface area contributed by atoms with Crippen molar-refractivity contribution in [1.29, 1.82) is 0 Å². The highest BCUT2D eigenvalue weighted by atomic mass is 32.1. The maximum Gasteiger partial charge on any atom is 0.351 e. The molecule has 19 heavy (non-hydrogen) atoms. The quantitative estimate of drug-likeness (QED) is 0.691. The number of aryl methyl sites for hydroxylation is 1. The lowest BCUT2D eigenvalue weighted by molar-refractivity contribution is 0.102. The van der Waals surface area contributed by atoms with Crippen molar-refractivity contribution in [3.8, 4) is 5.75 Å². The normalized spacial score (nSPS) is 11.6. The van der Waals surface area contributed by atoms with Crippen molar-refractivity contribution < 1.29 is 14.3 Å². The summed E-state index contributed by atoms with van der Waals surface area (Å²) in [6.45, 7) is 3.13. The molecule has 0 unspecified atom stereocenters. The highest BCUT2D eigenvalue weighted by Crippen LogP contribution is 2.20. The van der Waals surface area contributed by atoms with Crippen molar-refractivity contribution in [3.63, 3.8) is 0 Å². The van der Waals surface area contributed by atoms with Crippen LogP contribution in [0.5, 0.6) is 5.75 Å². The average Bonchev–Trinajstić information content (AvgIpc) is 2.80. The van der Waals surface area contributed by atoms with E-state index in [1.807, 2.05) is 17.5 Å². The predicted molar refractivity (Wildman–Crippen MR) is 73.7 cm³/mol. The number of carbonyl (C=O) groups excluding carboxylic acids is 1. The molecule has 1 N–H and O–H groups in total. The van der Waals surface area contributed by atoms with E-state index in [1.165, 1.54) is 24.3 Å². The van der Waals surface area contributed by atoms with E-state index < -0.39 is 11.4 Å². The Morgan fingerprint density at radius 1 is 1.47 bits per heavy atom. The summed E-state index contributed by atoms with van der Waals surface area (Å²) in [5.41, 5.74) is -0.772. The van der Waals surface area contributed by atoms with Crippen molar-refractivity contribution in [2.24, 2.45) is 0 Å². The molecule has 0 saturated heterocycles. The summed E-state index contributed by atoms with van der Waals surface area (Å²) in [6.07, 6.45) is 1.67. The summed E-state index contributed by atoms with van der Waals surface area (Å²) < 4.78 is 4.83. The third-order valence-corrected chi connectivity index (χ3v) is 3.36. The molecule has 98 valence electrons. The Hall–Kier alpha value is -2.14. The van der Waals surface area contributed by atoms with Gasteiger partial charge in [-0.2, -0.15) is 0 Å². The predicted octanol–water partition coefficient (Wildman–Crippen LogP) is 3.00. The molecule has 2 aromatic rings. The second-order valence-corrected chi connectivity index (χ2v) is 5.06. The summed E-state index contributed by atoms with van der Waals surface area (Å²) in [5, 5.41) is 11.6. The van der Waals surface area contributed by atoms with E-state index in [0.717, 1.165) is 4.88 Å². The van der Waals surface area contributed by atoms with E-state index in [0.29, 0.717) is 5.57 Å². The van der Waals surface area contributed by atoms with E-state index in [1.54, 1.807) is 13.0 Å². The van der Waals surface area contributed by atoms with Crippen molar-refractivity contribution in [1.82, 2.24) is 0 Å². The molecule has 0 radical (unpaired) electrons. The van der Waals surface area contributed by atoms with Gasteiger partial charge in [0.15, 0.2) is 5.78 Å². The zero-order valence-electron chi connectivity index (χ0n) is 10.5. The zero-order valence-corrected chi connectivity index (χ0v) is 11.3. The number of rotatable bonds is 3. The topological polar surface area (TPSA) is 67.5 Å². The van der Waals surface area contributed by atoms with Gasteiger partial charge in [0.2, 0.25) is 0 Å². The molecule has 5 heteroatoms. The number of Topliss-reactive ketones (excluding diaryl/α,β-unsaturated/α-hetero) is 1. The molecule has 0 atom stereocenters. The fourth-order valence-electron chi connectivity index (χ4n) is 1.65. The molecule has 0 saturated carbocycles. The fourth-order valence-corrected chi connectivity index (χ4v) is 2.37. The largest absolute Gasteiger partial charge is 0.507 e. The summed E-state index contributed by atoms with van der Waals surface area (Å²) in [5.74, 6) is -0.615. The highest BCUT2D eigenvalue weighted by molar-refractivity contribution is 7.10. The van der Waals surface area contributed by atoms with Crippen LogP contribution < -0.4 is 5.63 Å². The Labute approximate surface area is 113 Å². The van der Waals surface area contributed by atoms with Gasteiger partial charge in [0.05, 0.1) is 0 Å². The van der Waals surface area contributed by atoms with Crippen LogP contribution in [0.25, 0.3) is 6.08 Å². The molecule has 0 aliphatic carbocycles. The SMILES string of the molecule is CC(=Cc1cccs1)C(=O)c1c(O)cc(C)oc1=O. The standard InChI is InChI=1S/C14H12O4S/c1-8(6-10-4-3-5-19-10)13(16)12-11(15)7-9(2)18-14(12)17/h3-7,15H,1-2H3. The van der Waals surface area contributed by atoms with Crippen molar-refractivity contribution in [2.75, 3.05) is 0 Å². The van der Waals surface area contributed by atoms with Gasteiger partial charge < -0.3 is 9.52 Å². The van der Waals surface area contributed by atoms with Gasteiger partial charge in [0.25, 0.3) is 0 Å². The Kier molecular flexibility index (Phi) is 3.66. The Balaban J connectivity index is 2.43. The first-order chi connectivity index (χ1) is 8.99. The summed E-state index contributed by atoms with van der Waals surface area (Å²) in [4.78, 5) is 24.7. The summed E-state index contributed by atoms with van der Waals surface area (Å²) in [7, 11) is 0.